The van der Waals surface area contributed by atoms with Gasteiger partial charge in [0.2, 0.25) is 0 Å². The molecule has 4 bridgehead atoms. The SMILES string of the molecule is Cc1[nH]cnc1C(=O)N1C[C@@H]2C[C@H](C1)c1ccc(CN3C[C@H]4C[C@@H]3CO4)c(=O)n1C2. The highest BCUT2D eigenvalue weighted by molar-refractivity contribution is 5.93. The van der Waals surface area contributed by atoms with Gasteiger partial charge >= 0.3 is 0 Å². The van der Waals surface area contributed by atoms with Gasteiger partial charge in [0.25, 0.3) is 11.5 Å². The summed E-state index contributed by atoms with van der Waals surface area (Å²) in [6, 6.07) is 4.59. The molecule has 0 aliphatic carbocycles. The van der Waals surface area contributed by atoms with Gasteiger partial charge in [0.05, 0.1) is 19.0 Å². The molecular formula is C22H27N5O3. The third-order valence-corrected chi connectivity index (χ3v) is 7.39. The molecule has 0 radical (unpaired) electrons. The maximum Gasteiger partial charge on any atom is 0.274 e. The van der Waals surface area contributed by atoms with Crippen LogP contribution in [0.15, 0.2) is 23.3 Å². The Balaban J connectivity index is 1.24. The molecule has 8 nitrogen and oxygen atoms in total. The number of nitrogens with zero attached hydrogens (tertiary/aromatic N) is 4. The van der Waals surface area contributed by atoms with Gasteiger partial charge in [0.1, 0.15) is 5.69 Å². The predicted molar refractivity (Wildman–Crippen MR) is 109 cm³/mol. The van der Waals surface area contributed by atoms with Gasteiger partial charge in [-0.25, -0.2) is 4.98 Å². The summed E-state index contributed by atoms with van der Waals surface area (Å²) in [6.07, 6.45) is 4.05. The zero-order valence-electron chi connectivity index (χ0n) is 17.2. The van der Waals surface area contributed by atoms with Crippen LogP contribution in [-0.4, -0.2) is 68.6 Å². The van der Waals surface area contributed by atoms with Crippen LogP contribution in [0.2, 0.25) is 0 Å². The van der Waals surface area contributed by atoms with Crippen molar-refractivity contribution in [3.05, 3.63) is 51.5 Å². The van der Waals surface area contributed by atoms with Crippen molar-refractivity contribution in [3.8, 4) is 0 Å². The first-order valence-electron chi connectivity index (χ1n) is 10.9. The fourth-order valence-electron chi connectivity index (χ4n) is 5.89. The molecule has 2 aromatic rings. The number of carbonyl (C=O) groups excluding carboxylic acids is 1. The molecule has 4 aliphatic rings. The maximum atomic E-state index is 13.3. The van der Waals surface area contributed by atoms with Gasteiger partial charge in [-0.3, -0.25) is 14.5 Å². The highest BCUT2D eigenvalue weighted by Crippen LogP contribution is 2.36. The summed E-state index contributed by atoms with van der Waals surface area (Å²) in [5.41, 5.74) is 3.41. The van der Waals surface area contributed by atoms with Gasteiger partial charge in [0.15, 0.2) is 0 Å². The molecule has 0 aromatic carbocycles. The summed E-state index contributed by atoms with van der Waals surface area (Å²) < 4.78 is 7.68. The van der Waals surface area contributed by atoms with Crippen molar-refractivity contribution in [1.82, 2.24) is 24.3 Å². The van der Waals surface area contributed by atoms with E-state index >= 15 is 0 Å². The van der Waals surface area contributed by atoms with E-state index < -0.39 is 0 Å². The Morgan fingerprint density at radius 3 is 2.87 bits per heavy atom. The van der Waals surface area contributed by atoms with Crippen LogP contribution >= 0.6 is 0 Å². The number of nitrogens with one attached hydrogen (secondary N) is 1. The minimum Gasteiger partial charge on any atom is -0.375 e. The van der Waals surface area contributed by atoms with Crippen LogP contribution in [0.25, 0.3) is 0 Å². The molecule has 4 aliphatic heterocycles. The maximum absolute atomic E-state index is 13.3. The largest absolute Gasteiger partial charge is 0.375 e. The van der Waals surface area contributed by atoms with Crippen LogP contribution in [0.5, 0.6) is 0 Å². The standard InChI is InChI=1S/C22H27N5O3/c1-13-20(24-12-23-13)22(29)26-6-14-4-16(9-26)19-3-2-15(21(28)27(19)7-14)8-25-10-18-5-17(25)11-30-18/h2-3,12,14,16-18H,4-11H2,1H3,(H,23,24)/t14-,16+,17+,18+/m0/s1. The molecule has 4 atom stereocenters. The van der Waals surface area contributed by atoms with Gasteiger partial charge in [-0.05, 0) is 31.7 Å². The van der Waals surface area contributed by atoms with Crippen molar-refractivity contribution in [2.75, 3.05) is 26.2 Å². The third kappa shape index (κ3) is 2.85. The Labute approximate surface area is 174 Å². The molecular weight excluding hydrogens is 382 g/mol. The lowest BCUT2D eigenvalue weighted by Gasteiger charge is -2.42. The van der Waals surface area contributed by atoms with E-state index in [9.17, 15) is 9.59 Å². The molecule has 0 spiro atoms. The van der Waals surface area contributed by atoms with E-state index in [-0.39, 0.29) is 17.4 Å². The number of hydrogen-bond donors (Lipinski definition) is 1. The summed E-state index contributed by atoms with van der Waals surface area (Å²) in [7, 11) is 0. The number of rotatable bonds is 3. The van der Waals surface area contributed by atoms with Crippen molar-refractivity contribution in [2.24, 2.45) is 5.92 Å². The molecule has 1 amide bonds. The normalized spacial score (nSPS) is 30.0. The average molecular weight is 409 g/mol. The Morgan fingerprint density at radius 1 is 1.23 bits per heavy atom. The molecule has 3 fully saturated rings. The first kappa shape index (κ1) is 18.3. The Hall–Kier alpha value is -2.45. The fourth-order valence-corrected chi connectivity index (χ4v) is 5.89. The monoisotopic (exact) mass is 409 g/mol. The van der Waals surface area contributed by atoms with Crippen LogP contribution in [0, 0.1) is 12.8 Å². The quantitative estimate of drug-likeness (QED) is 0.821. The molecule has 6 heterocycles. The number of aryl methyl sites for hydroxylation is 1. The first-order valence-corrected chi connectivity index (χ1v) is 10.9. The molecule has 30 heavy (non-hydrogen) atoms. The second kappa shape index (κ2) is 6.78. The van der Waals surface area contributed by atoms with E-state index in [1.165, 1.54) is 0 Å². The summed E-state index contributed by atoms with van der Waals surface area (Å²) in [6.45, 7) is 6.33. The number of aromatic nitrogens is 3. The summed E-state index contributed by atoms with van der Waals surface area (Å²) in [5, 5.41) is 0. The van der Waals surface area contributed by atoms with Crippen LogP contribution in [0.3, 0.4) is 0 Å². The number of aromatic amines is 1. The Bertz CT molecular complexity index is 1060. The number of imidazole rings is 1. The number of amides is 1. The highest BCUT2D eigenvalue weighted by atomic mass is 16.5. The van der Waals surface area contributed by atoms with E-state index in [1.54, 1.807) is 6.33 Å². The second-order valence-electron chi connectivity index (χ2n) is 9.36. The lowest BCUT2D eigenvalue weighted by molar-refractivity contribution is 0.0270. The molecule has 8 heteroatoms. The second-order valence-corrected chi connectivity index (χ2v) is 9.36. The summed E-state index contributed by atoms with van der Waals surface area (Å²) in [5.74, 6) is 0.504. The number of pyridine rings is 1. The first-order chi connectivity index (χ1) is 14.6. The minimum absolute atomic E-state index is 0.0119. The predicted octanol–water partition coefficient (Wildman–Crippen LogP) is 1.11. The molecule has 6 rings (SSSR count). The zero-order valence-corrected chi connectivity index (χ0v) is 17.2. The number of piperidine rings is 1. The van der Waals surface area contributed by atoms with Crippen LogP contribution in [0.4, 0.5) is 0 Å². The highest BCUT2D eigenvalue weighted by Gasteiger charge is 2.40. The zero-order chi connectivity index (χ0) is 20.4. The third-order valence-electron chi connectivity index (χ3n) is 7.39. The van der Waals surface area contributed by atoms with Crippen molar-refractivity contribution in [1.29, 1.82) is 0 Å². The molecule has 3 saturated heterocycles. The van der Waals surface area contributed by atoms with Gasteiger partial charge in [0, 0.05) is 61.6 Å². The minimum atomic E-state index is -0.0119. The average Bonchev–Trinajstić information content (AvgIpc) is 3.47. The van der Waals surface area contributed by atoms with Crippen molar-refractivity contribution >= 4 is 5.91 Å². The van der Waals surface area contributed by atoms with Gasteiger partial charge in [-0.2, -0.15) is 0 Å². The van der Waals surface area contributed by atoms with Crippen LogP contribution < -0.4 is 5.56 Å². The number of fused-ring (bicyclic) bond motifs is 6. The number of ether oxygens (including phenoxy) is 1. The van der Waals surface area contributed by atoms with Crippen molar-refractivity contribution in [3.63, 3.8) is 0 Å². The lowest BCUT2D eigenvalue weighted by Crippen LogP contribution is -2.50. The number of likely N-dealkylation sites (tertiary alicyclic amines) is 2. The molecule has 2 aromatic heterocycles. The van der Waals surface area contributed by atoms with Gasteiger partial charge in [-0.15, -0.1) is 0 Å². The molecule has 158 valence electrons. The smallest absolute Gasteiger partial charge is 0.274 e. The number of carbonyl (C=O) groups is 1. The molecule has 1 N–H and O–H groups in total. The summed E-state index contributed by atoms with van der Waals surface area (Å²) >= 11 is 0. The Morgan fingerprint density at radius 2 is 2.13 bits per heavy atom. The lowest BCUT2D eigenvalue weighted by atomic mass is 9.82. The topological polar surface area (TPSA) is 83.5 Å². The van der Waals surface area contributed by atoms with Crippen LogP contribution in [-0.2, 0) is 17.8 Å². The Kier molecular flexibility index (Phi) is 4.14. The van der Waals surface area contributed by atoms with E-state index in [1.807, 2.05) is 22.5 Å². The van der Waals surface area contributed by atoms with Crippen molar-refractivity contribution < 1.29 is 9.53 Å². The summed E-state index contributed by atoms with van der Waals surface area (Å²) in [4.78, 5) is 37.8. The molecule has 0 saturated carbocycles. The fraction of sp³-hybridized carbons (Fsp3) is 0.591. The van der Waals surface area contributed by atoms with Gasteiger partial charge in [-0.1, -0.05) is 6.07 Å². The van der Waals surface area contributed by atoms with E-state index in [0.29, 0.717) is 49.9 Å². The van der Waals surface area contributed by atoms with Crippen molar-refractivity contribution in [2.45, 2.75) is 50.9 Å². The van der Waals surface area contributed by atoms with E-state index in [4.69, 9.17) is 4.74 Å². The van der Waals surface area contributed by atoms with E-state index in [2.05, 4.69) is 20.9 Å². The number of morpholine rings is 1. The number of H-pyrrole nitrogens is 1. The number of hydrogen-bond acceptors (Lipinski definition) is 5. The molecule has 0 unspecified atom stereocenters. The van der Waals surface area contributed by atoms with E-state index in [0.717, 1.165) is 42.9 Å². The van der Waals surface area contributed by atoms with Gasteiger partial charge < -0.3 is 19.2 Å². The van der Waals surface area contributed by atoms with Crippen LogP contribution in [0.1, 0.15) is 46.2 Å².